The Morgan fingerprint density at radius 2 is 1.95 bits per heavy atom. The summed E-state index contributed by atoms with van der Waals surface area (Å²) < 4.78 is 0. The Morgan fingerprint density at radius 1 is 1.29 bits per heavy atom. The molecular formula is C16H22N2O3. The maximum Gasteiger partial charge on any atom is 0.307 e. The van der Waals surface area contributed by atoms with Gasteiger partial charge in [-0.25, -0.2) is 0 Å². The van der Waals surface area contributed by atoms with Crippen LogP contribution in [0.15, 0.2) is 24.5 Å². The molecule has 1 amide bonds. The Labute approximate surface area is 124 Å². The van der Waals surface area contributed by atoms with Crippen molar-refractivity contribution < 1.29 is 14.7 Å². The maximum absolute atomic E-state index is 12.2. The van der Waals surface area contributed by atoms with E-state index in [4.69, 9.17) is 0 Å². The number of nitrogens with zero attached hydrogens (tertiary/aromatic N) is 1. The second-order valence-corrected chi connectivity index (χ2v) is 5.69. The van der Waals surface area contributed by atoms with Crippen molar-refractivity contribution in [2.45, 2.75) is 32.6 Å². The van der Waals surface area contributed by atoms with Gasteiger partial charge in [-0.15, -0.1) is 0 Å². The number of carbonyl (C=O) groups is 2. The fraction of sp³-hybridized carbons (Fsp3) is 0.562. The van der Waals surface area contributed by atoms with Crippen molar-refractivity contribution in [3.05, 3.63) is 30.1 Å². The van der Waals surface area contributed by atoms with Crippen molar-refractivity contribution >= 4 is 11.9 Å². The number of rotatable bonds is 6. The van der Waals surface area contributed by atoms with Gasteiger partial charge in [-0.05, 0) is 42.9 Å². The molecule has 2 N–H and O–H groups in total. The van der Waals surface area contributed by atoms with Crippen LogP contribution >= 0.6 is 0 Å². The van der Waals surface area contributed by atoms with Gasteiger partial charge in [-0.3, -0.25) is 14.6 Å². The highest BCUT2D eigenvalue weighted by molar-refractivity contribution is 5.85. The average Bonchev–Trinajstić information content (AvgIpc) is 2.93. The lowest BCUT2D eigenvalue weighted by Crippen LogP contribution is -2.36. The molecule has 0 aromatic carbocycles. The molecule has 1 aliphatic rings. The largest absolute Gasteiger partial charge is 0.481 e. The van der Waals surface area contributed by atoms with Gasteiger partial charge in [0.05, 0.1) is 11.8 Å². The van der Waals surface area contributed by atoms with Crippen molar-refractivity contribution in [3.63, 3.8) is 0 Å². The van der Waals surface area contributed by atoms with E-state index in [1.807, 2.05) is 19.1 Å². The molecule has 1 saturated carbocycles. The van der Waals surface area contributed by atoms with Gasteiger partial charge >= 0.3 is 5.97 Å². The number of hydrogen-bond donors (Lipinski definition) is 2. The summed E-state index contributed by atoms with van der Waals surface area (Å²) in [7, 11) is 0. The lowest BCUT2D eigenvalue weighted by molar-refractivity contribution is -0.146. The predicted octanol–water partition coefficient (Wildman–Crippen LogP) is 1.88. The standard InChI is InChI=1S/C16H22N2O3/c1-2-11-9-13(14(10-11)16(20)21)15(19)18-8-5-12-3-6-17-7-4-12/h3-4,6-7,11,13-14H,2,5,8-10H2,1H3,(H,18,19)(H,20,21). The number of nitrogens with one attached hydrogen (secondary N) is 1. The molecular weight excluding hydrogens is 268 g/mol. The van der Waals surface area contributed by atoms with E-state index in [-0.39, 0.29) is 11.8 Å². The van der Waals surface area contributed by atoms with E-state index < -0.39 is 11.9 Å². The number of hydrogen-bond acceptors (Lipinski definition) is 3. The first-order valence-corrected chi connectivity index (χ1v) is 7.51. The molecule has 0 aliphatic heterocycles. The molecule has 1 aromatic heterocycles. The van der Waals surface area contributed by atoms with Crippen LogP contribution in [0.1, 0.15) is 31.7 Å². The third-order valence-electron chi connectivity index (χ3n) is 4.35. The van der Waals surface area contributed by atoms with E-state index >= 15 is 0 Å². The van der Waals surface area contributed by atoms with Crippen LogP contribution in [0.25, 0.3) is 0 Å². The highest BCUT2D eigenvalue weighted by atomic mass is 16.4. The minimum Gasteiger partial charge on any atom is -0.481 e. The summed E-state index contributed by atoms with van der Waals surface area (Å²) in [6, 6.07) is 3.82. The molecule has 21 heavy (non-hydrogen) atoms. The molecule has 2 rings (SSSR count). The van der Waals surface area contributed by atoms with Crippen LogP contribution in [-0.4, -0.2) is 28.5 Å². The van der Waals surface area contributed by atoms with Crippen LogP contribution in [0.2, 0.25) is 0 Å². The maximum atomic E-state index is 12.2. The van der Waals surface area contributed by atoms with Gasteiger partial charge in [0.2, 0.25) is 5.91 Å². The number of amides is 1. The number of carbonyl (C=O) groups excluding carboxylic acids is 1. The first-order valence-electron chi connectivity index (χ1n) is 7.51. The van der Waals surface area contributed by atoms with Crippen molar-refractivity contribution in [3.8, 4) is 0 Å². The number of aliphatic carboxylic acids is 1. The smallest absolute Gasteiger partial charge is 0.307 e. The summed E-state index contributed by atoms with van der Waals surface area (Å²) in [5, 5.41) is 12.1. The molecule has 5 nitrogen and oxygen atoms in total. The SMILES string of the molecule is CCC1CC(C(=O)O)C(C(=O)NCCc2ccncc2)C1. The van der Waals surface area contributed by atoms with Gasteiger partial charge in [0.15, 0.2) is 0 Å². The summed E-state index contributed by atoms with van der Waals surface area (Å²) in [5.41, 5.74) is 1.11. The zero-order valence-electron chi connectivity index (χ0n) is 12.3. The van der Waals surface area contributed by atoms with Crippen LogP contribution in [-0.2, 0) is 16.0 Å². The first-order chi connectivity index (χ1) is 10.1. The van der Waals surface area contributed by atoms with E-state index in [9.17, 15) is 14.7 Å². The fourth-order valence-corrected chi connectivity index (χ4v) is 3.05. The Morgan fingerprint density at radius 3 is 2.57 bits per heavy atom. The molecule has 5 heteroatoms. The molecule has 1 heterocycles. The molecule has 1 aliphatic carbocycles. The minimum atomic E-state index is -0.847. The van der Waals surface area contributed by atoms with E-state index in [1.165, 1.54) is 0 Å². The van der Waals surface area contributed by atoms with Crippen molar-refractivity contribution in [1.29, 1.82) is 0 Å². The van der Waals surface area contributed by atoms with Gasteiger partial charge < -0.3 is 10.4 Å². The molecule has 3 unspecified atom stereocenters. The van der Waals surface area contributed by atoms with Gasteiger partial charge in [-0.2, -0.15) is 0 Å². The predicted molar refractivity (Wildman–Crippen MR) is 78.6 cm³/mol. The Bertz CT molecular complexity index is 490. The zero-order valence-corrected chi connectivity index (χ0v) is 12.3. The highest BCUT2D eigenvalue weighted by Crippen LogP contribution is 2.38. The summed E-state index contributed by atoms with van der Waals surface area (Å²) in [5.74, 6) is -1.53. The Hall–Kier alpha value is -1.91. The molecule has 1 aromatic rings. The van der Waals surface area contributed by atoms with Crippen LogP contribution in [0, 0.1) is 17.8 Å². The number of carboxylic acid groups (broad SMARTS) is 1. The van der Waals surface area contributed by atoms with E-state index in [2.05, 4.69) is 10.3 Å². The molecule has 3 atom stereocenters. The molecule has 114 valence electrons. The lowest BCUT2D eigenvalue weighted by Gasteiger charge is -2.15. The minimum absolute atomic E-state index is 0.118. The average molecular weight is 290 g/mol. The monoisotopic (exact) mass is 290 g/mol. The van der Waals surface area contributed by atoms with Crippen LogP contribution in [0.4, 0.5) is 0 Å². The van der Waals surface area contributed by atoms with Gasteiger partial charge in [-0.1, -0.05) is 13.3 Å². The summed E-state index contributed by atoms with van der Waals surface area (Å²) in [6.45, 7) is 2.58. The lowest BCUT2D eigenvalue weighted by atomic mass is 9.95. The molecule has 0 radical (unpaired) electrons. The third-order valence-corrected chi connectivity index (χ3v) is 4.35. The number of aromatic nitrogens is 1. The number of pyridine rings is 1. The van der Waals surface area contributed by atoms with Gasteiger partial charge in [0.25, 0.3) is 0 Å². The van der Waals surface area contributed by atoms with E-state index in [1.54, 1.807) is 12.4 Å². The van der Waals surface area contributed by atoms with E-state index in [0.717, 1.165) is 18.4 Å². The second kappa shape index (κ2) is 7.20. The normalized spacial score (nSPS) is 24.7. The van der Waals surface area contributed by atoms with Crippen molar-refractivity contribution in [2.75, 3.05) is 6.54 Å². The molecule has 0 bridgehead atoms. The molecule has 0 saturated heterocycles. The van der Waals surface area contributed by atoms with Gasteiger partial charge in [0, 0.05) is 18.9 Å². The summed E-state index contributed by atoms with van der Waals surface area (Å²) in [4.78, 5) is 27.5. The van der Waals surface area contributed by atoms with Crippen LogP contribution in [0.5, 0.6) is 0 Å². The fourth-order valence-electron chi connectivity index (χ4n) is 3.05. The number of carboxylic acids is 1. The Balaban J connectivity index is 1.85. The summed E-state index contributed by atoms with van der Waals surface area (Å²) in [6.07, 6.45) is 6.42. The topological polar surface area (TPSA) is 79.3 Å². The second-order valence-electron chi connectivity index (χ2n) is 5.69. The quantitative estimate of drug-likeness (QED) is 0.838. The third kappa shape index (κ3) is 4.03. The molecule has 0 spiro atoms. The van der Waals surface area contributed by atoms with E-state index in [0.29, 0.717) is 25.3 Å². The zero-order chi connectivity index (χ0) is 15.2. The van der Waals surface area contributed by atoms with Crippen LogP contribution < -0.4 is 5.32 Å². The van der Waals surface area contributed by atoms with Crippen molar-refractivity contribution in [1.82, 2.24) is 10.3 Å². The van der Waals surface area contributed by atoms with Gasteiger partial charge in [0.1, 0.15) is 0 Å². The highest BCUT2D eigenvalue weighted by Gasteiger charge is 2.41. The first kappa shape index (κ1) is 15.5. The summed E-state index contributed by atoms with van der Waals surface area (Å²) >= 11 is 0. The van der Waals surface area contributed by atoms with Crippen molar-refractivity contribution in [2.24, 2.45) is 17.8 Å². The molecule has 1 fully saturated rings. The Kier molecular flexibility index (Phi) is 5.31. The van der Waals surface area contributed by atoms with Crippen LogP contribution in [0.3, 0.4) is 0 Å².